The number of anilines is 3. The Labute approximate surface area is 171 Å². The van der Waals surface area contributed by atoms with Crippen LogP contribution in [0.5, 0.6) is 0 Å². The summed E-state index contributed by atoms with van der Waals surface area (Å²) < 4.78 is 10.4. The summed E-state index contributed by atoms with van der Waals surface area (Å²) in [5.74, 6) is -0.334. The SMILES string of the molecule is O=C(Cc1csc(NC(=O)c2ccco2)n1)Nc1ccc(N2CCOCC2)cc1. The van der Waals surface area contributed by atoms with E-state index in [1.54, 1.807) is 17.5 Å². The van der Waals surface area contributed by atoms with Crippen molar-refractivity contribution < 1.29 is 18.7 Å². The van der Waals surface area contributed by atoms with Gasteiger partial charge in [-0.2, -0.15) is 0 Å². The first-order chi connectivity index (χ1) is 14.2. The molecule has 0 unspecified atom stereocenters. The van der Waals surface area contributed by atoms with Gasteiger partial charge in [0, 0.05) is 29.8 Å². The zero-order chi connectivity index (χ0) is 20.1. The van der Waals surface area contributed by atoms with E-state index in [4.69, 9.17) is 9.15 Å². The van der Waals surface area contributed by atoms with E-state index >= 15 is 0 Å². The molecule has 2 amide bonds. The van der Waals surface area contributed by atoms with Crippen LogP contribution in [0.3, 0.4) is 0 Å². The number of amides is 2. The Kier molecular flexibility index (Phi) is 5.87. The summed E-state index contributed by atoms with van der Waals surface area (Å²) in [6.07, 6.45) is 1.55. The lowest BCUT2D eigenvalue weighted by atomic mass is 10.2. The summed E-state index contributed by atoms with van der Waals surface area (Å²) in [4.78, 5) is 30.8. The van der Waals surface area contributed by atoms with Gasteiger partial charge in [0.2, 0.25) is 5.91 Å². The highest BCUT2D eigenvalue weighted by Gasteiger charge is 2.14. The fraction of sp³-hybridized carbons (Fsp3) is 0.250. The quantitative estimate of drug-likeness (QED) is 0.646. The van der Waals surface area contributed by atoms with E-state index in [1.165, 1.54) is 17.6 Å². The van der Waals surface area contributed by atoms with Crippen molar-refractivity contribution in [3.8, 4) is 0 Å². The number of ether oxygens (including phenoxy) is 1. The Morgan fingerprint density at radius 3 is 2.62 bits per heavy atom. The largest absolute Gasteiger partial charge is 0.459 e. The van der Waals surface area contributed by atoms with E-state index in [9.17, 15) is 9.59 Å². The second kappa shape index (κ2) is 8.89. The fourth-order valence-electron chi connectivity index (χ4n) is 2.96. The maximum Gasteiger partial charge on any atom is 0.293 e. The highest BCUT2D eigenvalue weighted by Crippen LogP contribution is 2.20. The standard InChI is InChI=1S/C20H20N4O4S/c25-18(21-14-3-5-16(6-4-14)24-7-10-27-11-8-24)12-15-13-29-20(22-15)23-19(26)17-2-1-9-28-17/h1-6,9,13H,7-8,10-12H2,(H,21,25)(H,22,23,26). The summed E-state index contributed by atoms with van der Waals surface area (Å²) in [6, 6.07) is 11.0. The lowest BCUT2D eigenvalue weighted by molar-refractivity contribution is -0.115. The Hall–Kier alpha value is -3.17. The molecule has 2 N–H and O–H groups in total. The van der Waals surface area contributed by atoms with E-state index < -0.39 is 0 Å². The van der Waals surface area contributed by atoms with Gasteiger partial charge in [0.25, 0.3) is 5.91 Å². The molecule has 1 aliphatic heterocycles. The summed E-state index contributed by atoms with van der Waals surface area (Å²) in [7, 11) is 0. The number of furan rings is 1. The van der Waals surface area contributed by atoms with E-state index in [1.807, 2.05) is 24.3 Å². The Balaban J connectivity index is 1.29. The molecule has 8 nitrogen and oxygen atoms in total. The van der Waals surface area contributed by atoms with Crippen molar-refractivity contribution in [2.45, 2.75) is 6.42 Å². The van der Waals surface area contributed by atoms with Gasteiger partial charge in [0.15, 0.2) is 10.9 Å². The fourth-order valence-corrected chi connectivity index (χ4v) is 3.66. The molecule has 0 radical (unpaired) electrons. The number of benzene rings is 1. The number of hydrogen-bond donors (Lipinski definition) is 2. The summed E-state index contributed by atoms with van der Waals surface area (Å²) in [5, 5.41) is 7.70. The average Bonchev–Trinajstić information content (AvgIpc) is 3.42. The molecule has 0 saturated carbocycles. The molecule has 150 valence electrons. The van der Waals surface area contributed by atoms with E-state index in [2.05, 4.69) is 20.5 Å². The number of hydrogen-bond acceptors (Lipinski definition) is 7. The van der Waals surface area contributed by atoms with Crippen molar-refractivity contribution in [2.24, 2.45) is 0 Å². The number of morpholine rings is 1. The van der Waals surface area contributed by atoms with Gasteiger partial charge in [-0.05, 0) is 36.4 Å². The molecular weight excluding hydrogens is 392 g/mol. The molecule has 1 aromatic carbocycles. The first-order valence-corrected chi connectivity index (χ1v) is 10.1. The van der Waals surface area contributed by atoms with Crippen LogP contribution in [0, 0.1) is 0 Å². The van der Waals surface area contributed by atoms with Crippen LogP contribution in [0.2, 0.25) is 0 Å². The summed E-state index contributed by atoms with van der Waals surface area (Å²) in [5.41, 5.74) is 2.43. The minimum atomic E-state index is -0.374. The van der Waals surface area contributed by atoms with Crippen molar-refractivity contribution in [3.63, 3.8) is 0 Å². The molecule has 9 heteroatoms. The molecule has 3 aromatic rings. The number of nitrogens with zero attached hydrogens (tertiary/aromatic N) is 2. The average molecular weight is 412 g/mol. The molecule has 1 fully saturated rings. The Bertz CT molecular complexity index is 963. The molecule has 0 spiro atoms. The second-order valence-corrected chi connectivity index (χ2v) is 7.30. The highest BCUT2D eigenvalue weighted by molar-refractivity contribution is 7.14. The molecule has 1 saturated heterocycles. The van der Waals surface area contributed by atoms with E-state index in [0.717, 1.165) is 37.7 Å². The lowest BCUT2D eigenvalue weighted by Crippen LogP contribution is -2.36. The highest BCUT2D eigenvalue weighted by atomic mass is 32.1. The van der Waals surface area contributed by atoms with Crippen LogP contribution in [0.1, 0.15) is 16.2 Å². The third-order valence-corrected chi connectivity index (χ3v) is 5.19. The third-order valence-electron chi connectivity index (χ3n) is 4.39. The van der Waals surface area contributed by atoms with Crippen molar-refractivity contribution in [3.05, 3.63) is 59.5 Å². The molecule has 29 heavy (non-hydrogen) atoms. The van der Waals surface area contributed by atoms with Gasteiger partial charge in [-0.15, -0.1) is 11.3 Å². The van der Waals surface area contributed by atoms with Gasteiger partial charge in [0.05, 0.1) is 31.6 Å². The summed E-state index contributed by atoms with van der Waals surface area (Å²) >= 11 is 1.26. The molecule has 0 bridgehead atoms. The first kappa shape index (κ1) is 19.2. The number of nitrogens with one attached hydrogen (secondary N) is 2. The molecular formula is C20H20N4O4S. The van der Waals surface area contributed by atoms with Crippen molar-refractivity contribution in [1.29, 1.82) is 0 Å². The second-order valence-electron chi connectivity index (χ2n) is 6.45. The van der Waals surface area contributed by atoms with Crippen LogP contribution in [0.25, 0.3) is 0 Å². The molecule has 1 aliphatic rings. The van der Waals surface area contributed by atoms with Gasteiger partial charge in [-0.1, -0.05) is 0 Å². The summed E-state index contributed by atoms with van der Waals surface area (Å²) in [6.45, 7) is 3.20. The Morgan fingerprint density at radius 1 is 1.10 bits per heavy atom. The normalized spacial score (nSPS) is 13.9. The number of carbonyl (C=O) groups is 2. The topological polar surface area (TPSA) is 96.7 Å². The minimum Gasteiger partial charge on any atom is -0.459 e. The zero-order valence-electron chi connectivity index (χ0n) is 15.6. The Morgan fingerprint density at radius 2 is 1.90 bits per heavy atom. The van der Waals surface area contributed by atoms with Gasteiger partial charge in [-0.3, -0.25) is 14.9 Å². The number of rotatable bonds is 6. The van der Waals surface area contributed by atoms with Crippen LogP contribution in [0.4, 0.5) is 16.5 Å². The van der Waals surface area contributed by atoms with Crippen molar-refractivity contribution in [2.75, 3.05) is 41.8 Å². The monoisotopic (exact) mass is 412 g/mol. The van der Waals surface area contributed by atoms with Crippen LogP contribution in [0.15, 0.2) is 52.5 Å². The maximum absolute atomic E-state index is 12.3. The van der Waals surface area contributed by atoms with Crippen molar-refractivity contribution in [1.82, 2.24) is 4.98 Å². The van der Waals surface area contributed by atoms with Gasteiger partial charge < -0.3 is 19.4 Å². The predicted molar refractivity (Wildman–Crippen MR) is 111 cm³/mol. The van der Waals surface area contributed by atoms with Crippen LogP contribution in [-0.4, -0.2) is 43.1 Å². The molecule has 0 aliphatic carbocycles. The minimum absolute atomic E-state index is 0.123. The number of carbonyl (C=O) groups excluding carboxylic acids is 2. The maximum atomic E-state index is 12.3. The molecule has 2 aromatic heterocycles. The zero-order valence-corrected chi connectivity index (χ0v) is 16.4. The lowest BCUT2D eigenvalue weighted by Gasteiger charge is -2.28. The van der Waals surface area contributed by atoms with Crippen LogP contribution < -0.4 is 15.5 Å². The third kappa shape index (κ3) is 5.01. The predicted octanol–water partition coefficient (Wildman–Crippen LogP) is 3.01. The van der Waals surface area contributed by atoms with Crippen molar-refractivity contribution >= 4 is 39.7 Å². The van der Waals surface area contributed by atoms with E-state index in [-0.39, 0.29) is 24.0 Å². The first-order valence-electron chi connectivity index (χ1n) is 9.19. The van der Waals surface area contributed by atoms with Gasteiger partial charge in [0.1, 0.15) is 0 Å². The van der Waals surface area contributed by atoms with Gasteiger partial charge in [-0.25, -0.2) is 4.98 Å². The van der Waals surface area contributed by atoms with Crippen LogP contribution >= 0.6 is 11.3 Å². The molecule has 0 atom stereocenters. The van der Waals surface area contributed by atoms with Gasteiger partial charge >= 0.3 is 0 Å². The van der Waals surface area contributed by atoms with Crippen LogP contribution in [-0.2, 0) is 16.0 Å². The molecule has 4 rings (SSSR count). The smallest absolute Gasteiger partial charge is 0.293 e. The number of aromatic nitrogens is 1. The number of thiazole rings is 1. The molecule has 3 heterocycles. The van der Waals surface area contributed by atoms with E-state index in [0.29, 0.717) is 10.8 Å².